The molecule has 0 radical (unpaired) electrons. The van der Waals surface area contributed by atoms with Gasteiger partial charge in [0.2, 0.25) is 5.95 Å². The Morgan fingerprint density at radius 3 is 2.60 bits per heavy atom. The molecule has 0 atom stereocenters. The fourth-order valence-corrected chi connectivity index (χ4v) is 2.05. The molecule has 0 fully saturated rings. The number of pyridine rings is 1. The van der Waals surface area contributed by atoms with E-state index in [-0.39, 0.29) is 5.95 Å². The fraction of sp³-hybridized carbons (Fsp3) is 0.0714. The average molecular weight is 265 g/mol. The number of ether oxygens (including phenoxy) is 1. The van der Waals surface area contributed by atoms with E-state index < -0.39 is 0 Å². The SMILES string of the molecule is COc1ccc(-c2ccc(C#N)cc2)n2nc(N)nc12. The van der Waals surface area contributed by atoms with Crippen molar-refractivity contribution in [1.29, 1.82) is 5.26 Å². The van der Waals surface area contributed by atoms with Gasteiger partial charge in [0, 0.05) is 5.56 Å². The van der Waals surface area contributed by atoms with Crippen molar-refractivity contribution in [3.05, 3.63) is 42.0 Å². The third kappa shape index (κ3) is 1.82. The monoisotopic (exact) mass is 265 g/mol. The highest BCUT2D eigenvalue weighted by Gasteiger charge is 2.12. The van der Waals surface area contributed by atoms with Crippen LogP contribution in [0, 0.1) is 11.3 Å². The summed E-state index contributed by atoms with van der Waals surface area (Å²) in [6, 6.07) is 13.0. The molecule has 0 aliphatic carbocycles. The number of nitrogens with zero attached hydrogens (tertiary/aromatic N) is 4. The summed E-state index contributed by atoms with van der Waals surface area (Å²) in [5.74, 6) is 0.788. The van der Waals surface area contributed by atoms with Gasteiger partial charge in [-0.05, 0) is 24.3 Å². The highest BCUT2D eigenvalue weighted by Crippen LogP contribution is 2.26. The summed E-state index contributed by atoms with van der Waals surface area (Å²) in [6.45, 7) is 0. The molecule has 1 aromatic carbocycles. The van der Waals surface area contributed by atoms with Crippen LogP contribution in [-0.4, -0.2) is 21.7 Å². The fourth-order valence-electron chi connectivity index (χ4n) is 2.05. The molecule has 0 bridgehead atoms. The summed E-state index contributed by atoms with van der Waals surface area (Å²) in [5, 5.41) is 13.0. The van der Waals surface area contributed by atoms with E-state index in [0.29, 0.717) is 17.0 Å². The topological polar surface area (TPSA) is 89.2 Å². The smallest absolute Gasteiger partial charge is 0.240 e. The Morgan fingerprint density at radius 2 is 1.95 bits per heavy atom. The van der Waals surface area contributed by atoms with Crippen LogP contribution in [0.1, 0.15) is 5.56 Å². The van der Waals surface area contributed by atoms with Crippen LogP contribution < -0.4 is 10.5 Å². The Kier molecular flexibility index (Phi) is 2.73. The van der Waals surface area contributed by atoms with Gasteiger partial charge in [-0.15, -0.1) is 5.10 Å². The summed E-state index contributed by atoms with van der Waals surface area (Å²) in [7, 11) is 1.57. The van der Waals surface area contributed by atoms with E-state index in [1.807, 2.05) is 24.3 Å². The third-order valence-electron chi connectivity index (χ3n) is 2.99. The van der Waals surface area contributed by atoms with Crippen molar-refractivity contribution < 1.29 is 4.74 Å². The van der Waals surface area contributed by atoms with Crippen LogP contribution in [-0.2, 0) is 0 Å². The van der Waals surface area contributed by atoms with Gasteiger partial charge >= 0.3 is 0 Å². The number of hydrogen-bond donors (Lipinski definition) is 1. The number of nitrogens with two attached hydrogens (primary N) is 1. The second-order valence-electron chi connectivity index (χ2n) is 4.18. The Bertz CT molecular complexity index is 814. The Hall–Kier alpha value is -3.07. The molecule has 0 aliphatic rings. The summed E-state index contributed by atoms with van der Waals surface area (Å²) in [6.07, 6.45) is 0. The lowest BCUT2D eigenvalue weighted by Crippen LogP contribution is -1.97. The van der Waals surface area contributed by atoms with Crippen LogP contribution in [0.15, 0.2) is 36.4 Å². The van der Waals surface area contributed by atoms with Crippen molar-refractivity contribution in [2.24, 2.45) is 0 Å². The molecule has 98 valence electrons. The number of anilines is 1. The molecular weight excluding hydrogens is 254 g/mol. The molecule has 2 N–H and O–H groups in total. The minimum Gasteiger partial charge on any atom is -0.493 e. The van der Waals surface area contributed by atoms with Crippen LogP contribution in [0.5, 0.6) is 5.75 Å². The lowest BCUT2D eigenvalue weighted by atomic mass is 10.1. The molecule has 0 spiro atoms. The van der Waals surface area contributed by atoms with E-state index in [1.165, 1.54) is 0 Å². The van der Waals surface area contributed by atoms with Gasteiger partial charge in [0.1, 0.15) is 0 Å². The van der Waals surface area contributed by atoms with Gasteiger partial charge in [-0.3, -0.25) is 0 Å². The molecule has 6 heteroatoms. The van der Waals surface area contributed by atoms with Gasteiger partial charge in [0.05, 0.1) is 24.4 Å². The second kappa shape index (κ2) is 4.55. The first-order valence-electron chi connectivity index (χ1n) is 5.92. The minimum absolute atomic E-state index is 0.185. The third-order valence-corrected chi connectivity index (χ3v) is 2.99. The second-order valence-corrected chi connectivity index (χ2v) is 4.18. The average Bonchev–Trinajstić information content (AvgIpc) is 2.87. The zero-order chi connectivity index (χ0) is 14.1. The molecule has 0 aliphatic heterocycles. The molecule has 0 saturated carbocycles. The molecular formula is C14H11N5O. The van der Waals surface area contributed by atoms with Crippen LogP contribution in [0.2, 0.25) is 0 Å². The summed E-state index contributed by atoms with van der Waals surface area (Å²) in [5.41, 5.74) is 8.58. The van der Waals surface area contributed by atoms with Crippen molar-refractivity contribution in [2.75, 3.05) is 12.8 Å². The molecule has 0 saturated heterocycles. The van der Waals surface area contributed by atoms with Crippen molar-refractivity contribution >= 4 is 11.6 Å². The van der Waals surface area contributed by atoms with E-state index in [9.17, 15) is 0 Å². The lowest BCUT2D eigenvalue weighted by Gasteiger charge is -2.07. The Morgan fingerprint density at radius 1 is 1.20 bits per heavy atom. The number of benzene rings is 1. The molecule has 20 heavy (non-hydrogen) atoms. The van der Waals surface area contributed by atoms with Crippen LogP contribution in [0.25, 0.3) is 16.9 Å². The van der Waals surface area contributed by atoms with Crippen molar-refractivity contribution in [3.8, 4) is 23.1 Å². The highest BCUT2D eigenvalue weighted by atomic mass is 16.5. The number of fused-ring (bicyclic) bond motifs is 1. The van der Waals surface area contributed by atoms with Crippen molar-refractivity contribution in [1.82, 2.24) is 14.6 Å². The van der Waals surface area contributed by atoms with Gasteiger partial charge in [-0.2, -0.15) is 10.2 Å². The quantitative estimate of drug-likeness (QED) is 0.763. The highest BCUT2D eigenvalue weighted by molar-refractivity contribution is 5.68. The minimum atomic E-state index is 0.185. The Labute approximate surface area is 115 Å². The standard InChI is InChI=1S/C14H11N5O/c1-20-12-7-6-11(19-13(12)17-14(16)18-19)10-4-2-9(8-15)3-5-10/h2-7H,1H3,(H2,16,18). The van der Waals surface area contributed by atoms with Gasteiger partial charge in [-0.1, -0.05) is 12.1 Å². The zero-order valence-electron chi connectivity index (χ0n) is 10.7. The number of aromatic nitrogens is 3. The van der Waals surface area contributed by atoms with Crippen LogP contribution in [0.3, 0.4) is 0 Å². The number of nitriles is 1. The molecule has 3 aromatic rings. The number of rotatable bonds is 2. The maximum absolute atomic E-state index is 8.83. The van der Waals surface area contributed by atoms with Crippen LogP contribution >= 0.6 is 0 Å². The van der Waals surface area contributed by atoms with E-state index in [2.05, 4.69) is 16.2 Å². The first-order chi connectivity index (χ1) is 9.72. The summed E-state index contributed by atoms with van der Waals surface area (Å²) >= 11 is 0. The number of hydrogen-bond acceptors (Lipinski definition) is 5. The van der Waals surface area contributed by atoms with Gasteiger partial charge in [-0.25, -0.2) is 4.52 Å². The predicted molar refractivity (Wildman–Crippen MR) is 74.1 cm³/mol. The molecule has 2 aromatic heterocycles. The van der Waals surface area contributed by atoms with E-state index in [4.69, 9.17) is 15.7 Å². The molecule has 0 amide bonds. The van der Waals surface area contributed by atoms with Gasteiger partial charge in [0.15, 0.2) is 11.4 Å². The van der Waals surface area contributed by atoms with Gasteiger partial charge in [0.25, 0.3) is 0 Å². The molecule has 3 rings (SSSR count). The zero-order valence-corrected chi connectivity index (χ0v) is 10.7. The Balaban J connectivity index is 2.23. The predicted octanol–water partition coefficient (Wildman–Crippen LogP) is 1.86. The van der Waals surface area contributed by atoms with Crippen molar-refractivity contribution in [3.63, 3.8) is 0 Å². The summed E-state index contributed by atoms with van der Waals surface area (Å²) in [4.78, 5) is 4.16. The number of methoxy groups -OCH3 is 1. The van der Waals surface area contributed by atoms with E-state index in [0.717, 1.165) is 11.3 Å². The van der Waals surface area contributed by atoms with Crippen molar-refractivity contribution in [2.45, 2.75) is 0 Å². The molecule has 6 nitrogen and oxygen atoms in total. The lowest BCUT2D eigenvalue weighted by molar-refractivity contribution is 0.416. The first-order valence-corrected chi connectivity index (χ1v) is 5.92. The van der Waals surface area contributed by atoms with Gasteiger partial charge < -0.3 is 10.5 Å². The normalized spacial score (nSPS) is 10.4. The molecule has 2 heterocycles. The van der Waals surface area contributed by atoms with E-state index >= 15 is 0 Å². The first kappa shape index (κ1) is 12.0. The maximum atomic E-state index is 8.83. The largest absolute Gasteiger partial charge is 0.493 e. The maximum Gasteiger partial charge on any atom is 0.240 e. The molecule has 0 unspecified atom stereocenters. The van der Waals surface area contributed by atoms with Crippen LogP contribution in [0.4, 0.5) is 5.95 Å². The summed E-state index contributed by atoms with van der Waals surface area (Å²) < 4.78 is 6.88. The van der Waals surface area contributed by atoms with E-state index in [1.54, 1.807) is 23.8 Å². The number of nitrogen functional groups attached to an aromatic ring is 1.